The zero-order chi connectivity index (χ0) is 13.0. The van der Waals surface area contributed by atoms with Crippen LogP contribution in [0.1, 0.15) is 32.6 Å². The van der Waals surface area contributed by atoms with Gasteiger partial charge in [0.25, 0.3) is 0 Å². The molecule has 0 amide bonds. The molecule has 3 nitrogen and oxygen atoms in total. The van der Waals surface area contributed by atoms with Crippen molar-refractivity contribution in [3.8, 4) is 0 Å². The molecule has 2 unspecified atom stereocenters. The summed E-state index contributed by atoms with van der Waals surface area (Å²) in [6, 6.07) is 0. The Morgan fingerprint density at radius 1 is 1.39 bits per heavy atom. The van der Waals surface area contributed by atoms with E-state index in [9.17, 15) is 0 Å². The van der Waals surface area contributed by atoms with Gasteiger partial charge in [-0.25, -0.2) is 0 Å². The van der Waals surface area contributed by atoms with Crippen LogP contribution in [-0.4, -0.2) is 54.8 Å². The van der Waals surface area contributed by atoms with E-state index in [0.29, 0.717) is 5.25 Å². The minimum atomic E-state index is 0.223. The van der Waals surface area contributed by atoms with Crippen LogP contribution >= 0.6 is 11.8 Å². The fourth-order valence-corrected chi connectivity index (χ4v) is 4.79. The van der Waals surface area contributed by atoms with E-state index in [4.69, 9.17) is 10.5 Å². The highest BCUT2D eigenvalue weighted by Crippen LogP contribution is 2.38. The van der Waals surface area contributed by atoms with Gasteiger partial charge in [-0.3, -0.25) is 4.90 Å². The van der Waals surface area contributed by atoms with Crippen LogP contribution in [0.15, 0.2) is 0 Å². The minimum Gasteiger partial charge on any atom is -0.381 e. The standard InChI is InChI=1S/C14H28N2OS/c1-12-14(11-15,6-3-9-18-12)16(2)10-13-4-7-17-8-5-13/h12-13H,3-11,15H2,1-2H3. The number of likely N-dealkylation sites (N-methyl/N-ethyl adjacent to an activating group) is 1. The molecular weight excluding hydrogens is 244 g/mol. The van der Waals surface area contributed by atoms with Crippen LogP contribution in [0, 0.1) is 5.92 Å². The summed E-state index contributed by atoms with van der Waals surface area (Å²) < 4.78 is 5.45. The summed E-state index contributed by atoms with van der Waals surface area (Å²) in [5, 5.41) is 0.654. The zero-order valence-electron chi connectivity index (χ0n) is 11.9. The predicted molar refractivity (Wildman–Crippen MR) is 79.1 cm³/mol. The second kappa shape index (κ2) is 6.60. The van der Waals surface area contributed by atoms with Gasteiger partial charge in [0.15, 0.2) is 0 Å². The van der Waals surface area contributed by atoms with Gasteiger partial charge in [0.05, 0.1) is 0 Å². The first kappa shape index (κ1) is 14.6. The molecule has 2 saturated heterocycles. The average Bonchev–Trinajstić information content (AvgIpc) is 2.40. The maximum absolute atomic E-state index is 6.15. The molecule has 18 heavy (non-hydrogen) atoms. The predicted octanol–water partition coefficient (Wildman–Crippen LogP) is 1.96. The number of nitrogens with zero attached hydrogens (tertiary/aromatic N) is 1. The highest BCUT2D eigenvalue weighted by Gasteiger charge is 2.41. The van der Waals surface area contributed by atoms with Crippen LogP contribution in [0.3, 0.4) is 0 Å². The van der Waals surface area contributed by atoms with E-state index in [0.717, 1.165) is 25.7 Å². The van der Waals surface area contributed by atoms with E-state index in [1.807, 2.05) is 0 Å². The van der Waals surface area contributed by atoms with Gasteiger partial charge < -0.3 is 10.5 Å². The Morgan fingerprint density at radius 3 is 2.72 bits per heavy atom. The molecule has 0 spiro atoms. The maximum Gasteiger partial charge on any atom is 0.0469 e. The van der Waals surface area contributed by atoms with Crippen LogP contribution < -0.4 is 5.73 Å². The van der Waals surface area contributed by atoms with Gasteiger partial charge in [-0.15, -0.1) is 0 Å². The molecule has 0 aromatic heterocycles. The Labute approximate surface area is 116 Å². The molecule has 0 aromatic carbocycles. The van der Waals surface area contributed by atoms with Crippen molar-refractivity contribution in [1.29, 1.82) is 0 Å². The summed E-state index contributed by atoms with van der Waals surface area (Å²) in [4.78, 5) is 2.57. The molecule has 2 fully saturated rings. The van der Waals surface area contributed by atoms with Crippen molar-refractivity contribution in [2.75, 3.05) is 39.1 Å². The minimum absolute atomic E-state index is 0.223. The van der Waals surface area contributed by atoms with Crippen molar-refractivity contribution in [2.45, 2.75) is 43.4 Å². The summed E-state index contributed by atoms with van der Waals surface area (Å²) in [5.74, 6) is 2.10. The number of thioether (sulfide) groups is 1. The van der Waals surface area contributed by atoms with E-state index in [2.05, 4.69) is 30.6 Å². The first-order valence-electron chi connectivity index (χ1n) is 7.29. The number of hydrogen-bond donors (Lipinski definition) is 1. The summed E-state index contributed by atoms with van der Waals surface area (Å²) in [7, 11) is 2.28. The monoisotopic (exact) mass is 272 g/mol. The Morgan fingerprint density at radius 2 is 2.11 bits per heavy atom. The molecule has 2 atom stereocenters. The highest BCUT2D eigenvalue weighted by atomic mass is 32.2. The van der Waals surface area contributed by atoms with Crippen LogP contribution in [0.2, 0.25) is 0 Å². The molecular formula is C14H28N2OS. The molecule has 0 aliphatic carbocycles. The molecule has 0 saturated carbocycles. The lowest BCUT2D eigenvalue weighted by Gasteiger charge is -2.49. The Hall–Kier alpha value is 0.230. The van der Waals surface area contributed by atoms with Gasteiger partial charge in [-0.05, 0) is 44.4 Å². The molecule has 4 heteroatoms. The molecule has 2 heterocycles. The number of ether oxygens (including phenoxy) is 1. The number of hydrogen-bond acceptors (Lipinski definition) is 4. The molecule has 0 aromatic rings. The van der Waals surface area contributed by atoms with Crippen molar-refractivity contribution < 1.29 is 4.74 Å². The van der Waals surface area contributed by atoms with Crippen LogP contribution in [0.25, 0.3) is 0 Å². The smallest absolute Gasteiger partial charge is 0.0469 e. The number of rotatable bonds is 4. The van der Waals surface area contributed by atoms with Crippen molar-refractivity contribution >= 4 is 11.8 Å². The van der Waals surface area contributed by atoms with E-state index >= 15 is 0 Å². The highest BCUT2D eigenvalue weighted by molar-refractivity contribution is 8.00. The Kier molecular flexibility index (Phi) is 5.36. The summed E-state index contributed by atoms with van der Waals surface area (Å²) >= 11 is 2.09. The van der Waals surface area contributed by atoms with Crippen LogP contribution in [-0.2, 0) is 4.74 Å². The second-order valence-electron chi connectivity index (χ2n) is 5.86. The zero-order valence-corrected chi connectivity index (χ0v) is 12.7. The summed E-state index contributed by atoms with van der Waals surface area (Å²) in [5.41, 5.74) is 6.38. The normalized spacial score (nSPS) is 35.0. The Balaban J connectivity index is 1.97. The first-order valence-corrected chi connectivity index (χ1v) is 8.34. The third kappa shape index (κ3) is 3.03. The first-order chi connectivity index (χ1) is 8.69. The van der Waals surface area contributed by atoms with E-state index in [1.54, 1.807) is 0 Å². The lowest BCUT2D eigenvalue weighted by molar-refractivity contribution is 0.0309. The largest absolute Gasteiger partial charge is 0.381 e. The second-order valence-corrected chi connectivity index (χ2v) is 7.31. The average molecular weight is 272 g/mol. The van der Waals surface area contributed by atoms with Crippen molar-refractivity contribution in [2.24, 2.45) is 11.7 Å². The van der Waals surface area contributed by atoms with Gasteiger partial charge in [0.2, 0.25) is 0 Å². The third-order valence-electron chi connectivity index (χ3n) is 4.87. The molecule has 2 aliphatic rings. The maximum atomic E-state index is 6.15. The van der Waals surface area contributed by atoms with Gasteiger partial charge in [0, 0.05) is 37.1 Å². The topological polar surface area (TPSA) is 38.5 Å². The lowest BCUT2D eigenvalue weighted by atomic mass is 9.86. The SMILES string of the molecule is CC1SCCCC1(CN)N(C)CC1CCOCC1. The fraction of sp³-hybridized carbons (Fsp3) is 1.00. The molecule has 106 valence electrons. The van der Waals surface area contributed by atoms with Gasteiger partial charge >= 0.3 is 0 Å². The lowest BCUT2D eigenvalue weighted by Crippen LogP contribution is -2.60. The van der Waals surface area contributed by atoms with E-state index in [1.165, 1.54) is 38.0 Å². The quantitative estimate of drug-likeness (QED) is 0.849. The molecule has 0 radical (unpaired) electrons. The molecule has 2 aliphatic heterocycles. The molecule has 2 N–H and O–H groups in total. The van der Waals surface area contributed by atoms with Crippen LogP contribution in [0.4, 0.5) is 0 Å². The van der Waals surface area contributed by atoms with Crippen LogP contribution in [0.5, 0.6) is 0 Å². The van der Waals surface area contributed by atoms with Crippen molar-refractivity contribution in [3.63, 3.8) is 0 Å². The van der Waals surface area contributed by atoms with Gasteiger partial charge in [0.1, 0.15) is 0 Å². The van der Waals surface area contributed by atoms with Gasteiger partial charge in [-0.2, -0.15) is 11.8 Å². The molecule has 2 rings (SSSR count). The third-order valence-corrected chi connectivity index (χ3v) is 6.33. The Bertz CT molecular complexity index is 258. The van der Waals surface area contributed by atoms with E-state index < -0.39 is 0 Å². The molecule has 0 bridgehead atoms. The van der Waals surface area contributed by atoms with Crippen molar-refractivity contribution in [3.05, 3.63) is 0 Å². The summed E-state index contributed by atoms with van der Waals surface area (Å²) in [6.07, 6.45) is 5.00. The summed E-state index contributed by atoms with van der Waals surface area (Å²) in [6.45, 7) is 6.22. The van der Waals surface area contributed by atoms with Gasteiger partial charge in [-0.1, -0.05) is 6.92 Å². The number of nitrogens with two attached hydrogens (primary N) is 1. The fourth-order valence-electron chi connectivity index (χ4n) is 3.42. The van der Waals surface area contributed by atoms with Crippen molar-refractivity contribution in [1.82, 2.24) is 4.90 Å². The van der Waals surface area contributed by atoms with E-state index in [-0.39, 0.29) is 5.54 Å².